The fraction of sp³-hybridized carbons (Fsp3) is 0.0667. The molecule has 0 bridgehead atoms. The van der Waals surface area contributed by atoms with Crippen molar-refractivity contribution < 1.29 is 17.0 Å². The van der Waals surface area contributed by atoms with Crippen molar-refractivity contribution in [2.24, 2.45) is 0 Å². The molecule has 2 aromatic carbocycles. The van der Waals surface area contributed by atoms with Gasteiger partial charge in [-0.05, 0) is 18.2 Å². The van der Waals surface area contributed by atoms with Crippen molar-refractivity contribution in [2.75, 3.05) is 0 Å². The molecule has 0 saturated carbocycles. The first-order valence-electron chi connectivity index (χ1n) is 6.82. The van der Waals surface area contributed by atoms with Crippen LogP contribution in [0.3, 0.4) is 0 Å². The molecule has 3 aromatic rings. The lowest BCUT2D eigenvalue weighted by atomic mass is 10.1. The van der Waals surface area contributed by atoms with Crippen LogP contribution in [0, 0.1) is 0 Å². The zero-order chi connectivity index (χ0) is 15.9. The van der Waals surface area contributed by atoms with Crippen molar-refractivity contribution in [3.8, 4) is 17.2 Å². The fourth-order valence-corrected chi connectivity index (χ4v) is 3.33. The smallest absolute Gasteiger partial charge is 0.383 e. The van der Waals surface area contributed by atoms with Crippen molar-refractivity contribution in [1.29, 1.82) is 0 Å². The third kappa shape index (κ3) is 2.58. The molecule has 1 unspecified atom stereocenters. The summed E-state index contributed by atoms with van der Waals surface area (Å²) in [5.41, 5.74) is 1.38. The van der Waals surface area contributed by atoms with Gasteiger partial charge in [-0.15, -0.1) is 10.2 Å². The number of nitrogens with zero attached hydrogens (tertiary/aromatic N) is 2. The molecule has 8 heteroatoms. The van der Waals surface area contributed by atoms with Crippen LogP contribution in [-0.2, 0) is 10.3 Å². The Bertz CT molecular complexity index is 954. The number of aromatic nitrogens is 2. The maximum atomic E-state index is 11.9. The van der Waals surface area contributed by atoms with E-state index in [2.05, 4.69) is 14.9 Å². The Morgan fingerprint density at radius 2 is 1.70 bits per heavy atom. The number of benzene rings is 2. The van der Waals surface area contributed by atoms with Crippen LogP contribution in [0.4, 0.5) is 0 Å². The van der Waals surface area contributed by atoms with Crippen LogP contribution in [0.2, 0.25) is 0 Å². The highest BCUT2D eigenvalue weighted by Crippen LogP contribution is 2.35. The average molecular weight is 329 g/mol. The zero-order valence-corrected chi connectivity index (χ0v) is 12.5. The quantitative estimate of drug-likeness (QED) is 0.773. The Morgan fingerprint density at radius 3 is 2.52 bits per heavy atom. The van der Waals surface area contributed by atoms with Gasteiger partial charge in [-0.1, -0.05) is 36.4 Å². The largest absolute Gasteiger partial charge is 0.419 e. The van der Waals surface area contributed by atoms with Gasteiger partial charge in [0, 0.05) is 11.1 Å². The van der Waals surface area contributed by atoms with Gasteiger partial charge in [0.2, 0.25) is 11.8 Å². The maximum absolute atomic E-state index is 11.9. The maximum Gasteiger partial charge on any atom is 0.383 e. The van der Waals surface area contributed by atoms with E-state index in [1.807, 2.05) is 30.3 Å². The third-order valence-electron chi connectivity index (χ3n) is 3.40. The Balaban J connectivity index is 1.78. The minimum absolute atomic E-state index is 0.156. The van der Waals surface area contributed by atoms with Crippen LogP contribution in [-0.4, -0.2) is 18.6 Å². The van der Waals surface area contributed by atoms with Crippen molar-refractivity contribution in [1.82, 2.24) is 14.9 Å². The highest BCUT2D eigenvalue weighted by Gasteiger charge is 2.34. The molecule has 0 fully saturated rings. The number of hydrogen-bond acceptors (Lipinski definition) is 6. The van der Waals surface area contributed by atoms with E-state index >= 15 is 0 Å². The van der Waals surface area contributed by atoms with Gasteiger partial charge < -0.3 is 8.60 Å². The first kappa shape index (κ1) is 13.9. The molecule has 1 aliphatic rings. The highest BCUT2D eigenvalue weighted by atomic mass is 32.2. The van der Waals surface area contributed by atoms with Crippen molar-refractivity contribution in [3.05, 3.63) is 66.1 Å². The summed E-state index contributed by atoms with van der Waals surface area (Å²) in [5, 5.41) is 7.97. The van der Waals surface area contributed by atoms with E-state index in [1.54, 1.807) is 24.3 Å². The fourth-order valence-electron chi connectivity index (χ4n) is 2.38. The molecule has 116 valence electrons. The molecule has 1 aliphatic heterocycles. The van der Waals surface area contributed by atoms with Gasteiger partial charge in [0.25, 0.3) is 0 Å². The van der Waals surface area contributed by atoms with Gasteiger partial charge in [0.1, 0.15) is 11.8 Å². The second kappa shape index (κ2) is 5.18. The van der Waals surface area contributed by atoms with Crippen LogP contribution >= 0.6 is 0 Å². The summed E-state index contributed by atoms with van der Waals surface area (Å²) >= 11 is 0. The Labute approximate surface area is 132 Å². The SMILES string of the molecule is O=S1(=O)NC(c2nnc(-c3ccccc3)o2)c2ccccc2O1. The van der Waals surface area contributed by atoms with Gasteiger partial charge in [-0.2, -0.15) is 13.1 Å². The lowest BCUT2D eigenvalue weighted by Crippen LogP contribution is -2.37. The van der Waals surface area contributed by atoms with Gasteiger partial charge >= 0.3 is 10.3 Å². The predicted octanol–water partition coefficient (Wildman–Crippen LogP) is 2.05. The molecule has 1 aromatic heterocycles. The molecule has 0 amide bonds. The molecular formula is C15H11N3O4S. The van der Waals surface area contributed by atoms with Gasteiger partial charge in [0.05, 0.1) is 0 Å². The number of fused-ring (bicyclic) bond motifs is 1. The van der Waals surface area contributed by atoms with Crippen LogP contribution in [0.1, 0.15) is 17.5 Å². The molecule has 0 spiro atoms. The van der Waals surface area contributed by atoms with E-state index in [0.717, 1.165) is 5.56 Å². The number of hydrogen-bond donors (Lipinski definition) is 1. The summed E-state index contributed by atoms with van der Waals surface area (Å²) < 4.78 is 36.7. The van der Waals surface area contributed by atoms with E-state index in [9.17, 15) is 8.42 Å². The topological polar surface area (TPSA) is 94.3 Å². The molecule has 4 rings (SSSR count). The van der Waals surface area contributed by atoms with E-state index in [4.69, 9.17) is 8.60 Å². The predicted molar refractivity (Wildman–Crippen MR) is 80.7 cm³/mol. The Kier molecular flexibility index (Phi) is 3.14. The molecule has 0 aliphatic carbocycles. The highest BCUT2D eigenvalue weighted by molar-refractivity contribution is 7.85. The molecular weight excluding hydrogens is 318 g/mol. The number of para-hydroxylation sites is 1. The lowest BCUT2D eigenvalue weighted by Gasteiger charge is -2.23. The van der Waals surface area contributed by atoms with E-state index in [0.29, 0.717) is 11.5 Å². The molecule has 1 N–H and O–H groups in total. The monoisotopic (exact) mass is 329 g/mol. The van der Waals surface area contributed by atoms with Crippen LogP contribution in [0.15, 0.2) is 59.0 Å². The standard InChI is InChI=1S/C15H11N3O4S/c19-23(20)18-13(11-8-4-5-9-12(11)22-23)15-17-16-14(21-15)10-6-2-1-3-7-10/h1-9,13,18H. The lowest BCUT2D eigenvalue weighted by molar-refractivity contribution is 0.407. The van der Waals surface area contributed by atoms with Gasteiger partial charge in [0.15, 0.2) is 0 Å². The minimum Gasteiger partial charge on any atom is -0.419 e. The van der Waals surface area contributed by atoms with Gasteiger partial charge in [-0.3, -0.25) is 0 Å². The minimum atomic E-state index is -3.93. The number of nitrogens with one attached hydrogen (secondary N) is 1. The normalized spacial score (nSPS) is 18.9. The summed E-state index contributed by atoms with van der Waals surface area (Å²) in [6.07, 6.45) is 0. The first-order valence-corrected chi connectivity index (χ1v) is 8.23. The third-order valence-corrected chi connectivity index (χ3v) is 4.32. The summed E-state index contributed by atoms with van der Waals surface area (Å²) in [4.78, 5) is 0. The Hall–Kier alpha value is -2.71. The van der Waals surface area contributed by atoms with Crippen molar-refractivity contribution in [3.63, 3.8) is 0 Å². The molecule has 1 atom stereocenters. The summed E-state index contributed by atoms with van der Waals surface area (Å²) in [6.45, 7) is 0. The second-order valence-corrected chi connectivity index (χ2v) is 6.25. The summed E-state index contributed by atoms with van der Waals surface area (Å²) in [7, 11) is -3.93. The zero-order valence-electron chi connectivity index (χ0n) is 11.7. The molecule has 23 heavy (non-hydrogen) atoms. The Morgan fingerprint density at radius 1 is 0.957 bits per heavy atom. The molecule has 7 nitrogen and oxygen atoms in total. The van der Waals surface area contributed by atoms with Crippen LogP contribution in [0.5, 0.6) is 5.75 Å². The first-order chi connectivity index (χ1) is 11.1. The summed E-state index contributed by atoms with van der Waals surface area (Å²) in [5.74, 6) is 0.725. The van der Waals surface area contributed by atoms with E-state index in [1.165, 1.54) is 0 Å². The molecule has 0 radical (unpaired) electrons. The summed E-state index contributed by atoms with van der Waals surface area (Å²) in [6, 6.07) is 15.3. The number of rotatable bonds is 2. The average Bonchev–Trinajstić information content (AvgIpc) is 3.04. The van der Waals surface area contributed by atoms with E-state index in [-0.39, 0.29) is 11.6 Å². The van der Waals surface area contributed by atoms with Crippen molar-refractivity contribution >= 4 is 10.3 Å². The second-order valence-electron chi connectivity index (χ2n) is 4.94. The van der Waals surface area contributed by atoms with Crippen LogP contribution < -0.4 is 8.91 Å². The molecule has 2 heterocycles. The van der Waals surface area contributed by atoms with E-state index < -0.39 is 16.3 Å². The van der Waals surface area contributed by atoms with Crippen LogP contribution in [0.25, 0.3) is 11.5 Å². The van der Waals surface area contributed by atoms with Crippen molar-refractivity contribution in [2.45, 2.75) is 6.04 Å². The molecule has 0 saturated heterocycles. The van der Waals surface area contributed by atoms with Gasteiger partial charge in [-0.25, -0.2) is 0 Å².